The first-order valence-electron chi connectivity index (χ1n) is 8.37. The highest BCUT2D eigenvalue weighted by atomic mass is 32.1. The van der Waals surface area contributed by atoms with Gasteiger partial charge in [0, 0.05) is 10.9 Å². The first-order chi connectivity index (χ1) is 13.4. The van der Waals surface area contributed by atoms with Gasteiger partial charge in [-0.1, -0.05) is 6.07 Å². The minimum absolute atomic E-state index is 0.134. The van der Waals surface area contributed by atoms with E-state index in [-0.39, 0.29) is 23.7 Å². The number of ether oxygens (including phenoxy) is 3. The molecule has 1 heterocycles. The van der Waals surface area contributed by atoms with Gasteiger partial charge in [0.25, 0.3) is 11.6 Å². The summed E-state index contributed by atoms with van der Waals surface area (Å²) in [4.78, 5) is 36.2. The number of hydrogen-bond acceptors (Lipinski definition) is 8. The fourth-order valence-electron chi connectivity index (χ4n) is 2.30. The number of nitrogens with one attached hydrogen (secondary N) is 1. The molecule has 0 aliphatic rings. The number of esters is 1. The maximum absolute atomic E-state index is 12.5. The average Bonchev–Trinajstić information content (AvgIpc) is 3.19. The summed E-state index contributed by atoms with van der Waals surface area (Å²) < 4.78 is 15.5. The first kappa shape index (κ1) is 21.2. The third-order valence-corrected chi connectivity index (χ3v) is 4.54. The van der Waals surface area contributed by atoms with E-state index in [9.17, 15) is 19.7 Å². The van der Waals surface area contributed by atoms with E-state index in [4.69, 9.17) is 14.2 Å². The largest absolute Gasteiger partial charge is 0.493 e. The van der Waals surface area contributed by atoms with Crippen LogP contribution in [0.4, 0.5) is 5.69 Å². The molecule has 1 aromatic heterocycles. The van der Waals surface area contributed by atoms with E-state index in [1.54, 1.807) is 6.92 Å². The molecule has 1 amide bonds. The molecule has 10 heteroatoms. The third kappa shape index (κ3) is 5.19. The van der Waals surface area contributed by atoms with Crippen molar-refractivity contribution in [2.45, 2.75) is 26.5 Å². The monoisotopic (exact) mass is 408 g/mol. The van der Waals surface area contributed by atoms with Crippen LogP contribution < -0.4 is 14.8 Å². The molecule has 9 nitrogen and oxygen atoms in total. The maximum Gasteiger partial charge on any atom is 0.346 e. The summed E-state index contributed by atoms with van der Waals surface area (Å²) in [6, 6.07) is 5.98. The van der Waals surface area contributed by atoms with Crippen LogP contribution in [0, 0.1) is 10.1 Å². The van der Waals surface area contributed by atoms with Gasteiger partial charge in [0.2, 0.25) is 0 Å². The van der Waals surface area contributed by atoms with Crippen molar-refractivity contribution >= 4 is 28.9 Å². The summed E-state index contributed by atoms with van der Waals surface area (Å²) in [5, 5.41) is 15.9. The van der Waals surface area contributed by atoms with Crippen molar-refractivity contribution in [3.8, 4) is 11.5 Å². The number of rotatable bonds is 9. The van der Waals surface area contributed by atoms with E-state index in [0.717, 1.165) is 10.9 Å². The van der Waals surface area contributed by atoms with Gasteiger partial charge in [-0.3, -0.25) is 14.9 Å². The number of thiophene rings is 1. The minimum atomic E-state index is -1.13. The number of amides is 1. The fraction of sp³-hybridized carbons (Fsp3) is 0.333. The molecule has 0 bridgehead atoms. The lowest BCUT2D eigenvalue weighted by Crippen LogP contribution is -2.35. The van der Waals surface area contributed by atoms with E-state index in [1.807, 2.05) is 17.5 Å². The molecule has 1 atom stereocenters. The average molecular weight is 408 g/mol. The van der Waals surface area contributed by atoms with Crippen LogP contribution in [0.25, 0.3) is 0 Å². The molecule has 0 aliphatic carbocycles. The molecule has 0 unspecified atom stereocenters. The number of methoxy groups -OCH3 is 1. The van der Waals surface area contributed by atoms with Gasteiger partial charge in [0.15, 0.2) is 17.6 Å². The quantitative estimate of drug-likeness (QED) is 0.385. The first-order valence-corrected chi connectivity index (χ1v) is 9.25. The number of nitro groups is 1. The highest BCUT2D eigenvalue weighted by molar-refractivity contribution is 7.09. The van der Waals surface area contributed by atoms with Gasteiger partial charge >= 0.3 is 5.97 Å². The maximum atomic E-state index is 12.5. The Morgan fingerprint density at radius 2 is 2.07 bits per heavy atom. The van der Waals surface area contributed by atoms with Crippen LogP contribution in [0.5, 0.6) is 11.5 Å². The van der Waals surface area contributed by atoms with Gasteiger partial charge in [-0.2, -0.15) is 0 Å². The summed E-state index contributed by atoms with van der Waals surface area (Å²) in [6.45, 7) is 3.66. The van der Waals surface area contributed by atoms with E-state index in [1.165, 1.54) is 31.4 Å². The molecular formula is C18H20N2O7S. The molecule has 150 valence electrons. The molecule has 28 heavy (non-hydrogen) atoms. The highest BCUT2D eigenvalue weighted by Crippen LogP contribution is 2.35. The topological polar surface area (TPSA) is 117 Å². The molecular weight excluding hydrogens is 388 g/mol. The predicted molar refractivity (Wildman–Crippen MR) is 102 cm³/mol. The van der Waals surface area contributed by atoms with Crippen molar-refractivity contribution < 1.29 is 28.7 Å². The van der Waals surface area contributed by atoms with Crippen LogP contribution >= 0.6 is 11.3 Å². The van der Waals surface area contributed by atoms with Crippen LogP contribution in [-0.2, 0) is 16.1 Å². The molecule has 2 aromatic rings. The number of carbonyl (C=O) groups excluding carboxylic acids is 2. The van der Waals surface area contributed by atoms with Crippen molar-refractivity contribution in [2.75, 3.05) is 13.7 Å². The second-order valence-electron chi connectivity index (χ2n) is 5.56. The van der Waals surface area contributed by atoms with E-state index in [0.29, 0.717) is 6.54 Å². The van der Waals surface area contributed by atoms with Crippen LogP contribution in [0.3, 0.4) is 0 Å². The van der Waals surface area contributed by atoms with Crippen molar-refractivity contribution in [3.63, 3.8) is 0 Å². The van der Waals surface area contributed by atoms with Crippen LogP contribution in [-0.4, -0.2) is 36.6 Å². The standard InChI is InChI=1S/C18H20N2O7S/c1-4-26-16-9-14(20(23)24)13(8-15(16)25-3)18(22)27-11(2)17(21)19-10-12-6-5-7-28-12/h5-9,11H,4,10H2,1-3H3,(H,19,21)/t11-/m1/s1. The summed E-state index contributed by atoms with van der Waals surface area (Å²) in [5.41, 5.74) is -0.830. The minimum Gasteiger partial charge on any atom is -0.493 e. The molecule has 0 fully saturated rings. The lowest BCUT2D eigenvalue weighted by atomic mass is 10.1. The zero-order valence-electron chi connectivity index (χ0n) is 15.6. The van der Waals surface area contributed by atoms with E-state index < -0.39 is 28.6 Å². The van der Waals surface area contributed by atoms with Crippen LogP contribution in [0.2, 0.25) is 0 Å². The number of nitrogens with zero attached hydrogens (tertiary/aromatic N) is 1. The van der Waals surface area contributed by atoms with Gasteiger partial charge in [-0.15, -0.1) is 11.3 Å². The molecule has 0 radical (unpaired) electrons. The van der Waals surface area contributed by atoms with Crippen molar-refractivity contribution in [1.82, 2.24) is 5.32 Å². The SMILES string of the molecule is CCOc1cc([N+](=O)[O-])c(C(=O)O[C@H](C)C(=O)NCc2cccs2)cc1OC. The van der Waals surface area contributed by atoms with Crippen LogP contribution in [0.1, 0.15) is 29.1 Å². The lowest BCUT2D eigenvalue weighted by molar-refractivity contribution is -0.385. The van der Waals surface area contributed by atoms with Crippen LogP contribution in [0.15, 0.2) is 29.6 Å². The number of benzene rings is 1. The Balaban J connectivity index is 2.15. The van der Waals surface area contributed by atoms with Crippen molar-refractivity contribution in [1.29, 1.82) is 0 Å². The fourth-order valence-corrected chi connectivity index (χ4v) is 2.94. The van der Waals surface area contributed by atoms with Gasteiger partial charge < -0.3 is 19.5 Å². The Morgan fingerprint density at radius 3 is 2.64 bits per heavy atom. The molecule has 2 rings (SSSR count). The lowest BCUT2D eigenvalue weighted by Gasteiger charge is -2.15. The highest BCUT2D eigenvalue weighted by Gasteiger charge is 2.28. The van der Waals surface area contributed by atoms with Crippen molar-refractivity contribution in [2.24, 2.45) is 0 Å². The summed E-state index contributed by atoms with van der Waals surface area (Å²) >= 11 is 1.48. The van der Waals surface area contributed by atoms with Gasteiger partial charge in [0.1, 0.15) is 5.56 Å². The molecule has 0 aliphatic heterocycles. The molecule has 0 spiro atoms. The molecule has 0 saturated heterocycles. The van der Waals surface area contributed by atoms with E-state index >= 15 is 0 Å². The number of hydrogen-bond donors (Lipinski definition) is 1. The van der Waals surface area contributed by atoms with Gasteiger partial charge in [-0.05, 0) is 25.3 Å². The van der Waals surface area contributed by atoms with E-state index in [2.05, 4.69) is 5.32 Å². The zero-order valence-corrected chi connectivity index (χ0v) is 16.4. The Morgan fingerprint density at radius 1 is 1.32 bits per heavy atom. The predicted octanol–water partition coefficient (Wildman–Crippen LogP) is 2.93. The molecule has 1 N–H and O–H groups in total. The van der Waals surface area contributed by atoms with Gasteiger partial charge in [-0.25, -0.2) is 4.79 Å². The van der Waals surface area contributed by atoms with Gasteiger partial charge in [0.05, 0.1) is 31.3 Å². The third-order valence-electron chi connectivity index (χ3n) is 3.67. The number of nitro benzene ring substituents is 1. The Labute approximate surface area is 165 Å². The second-order valence-corrected chi connectivity index (χ2v) is 6.59. The zero-order chi connectivity index (χ0) is 20.7. The normalized spacial score (nSPS) is 11.4. The Kier molecular flexibility index (Phi) is 7.33. The Hall–Kier alpha value is -3.14. The summed E-state index contributed by atoms with van der Waals surface area (Å²) in [6.07, 6.45) is -1.13. The Bertz CT molecular complexity index is 852. The number of carbonyl (C=O) groups is 2. The second kappa shape index (κ2) is 9.70. The van der Waals surface area contributed by atoms with Crippen molar-refractivity contribution in [3.05, 3.63) is 50.2 Å². The molecule has 1 aromatic carbocycles. The summed E-state index contributed by atoms with van der Waals surface area (Å²) in [5.74, 6) is -1.24. The summed E-state index contributed by atoms with van der Waals surface area (Å²) in [7, 11) is 1.35. The molecule has 0 saturated carbocycles. The smallest absolute Gasteiger partial charge is 0.346 e.